The lowest BCUT2D eigenvalue weighted by Crippen LogP contribution is -2.29. The van der Waals surface area contributed by atoms with E-state index in [1.807, 2.05) is 0 Å². The number of hydrogen-bond acceptors (Lipinski definition) is 5. The Morgan fingerprint density at radius 2 is 1.95 bits per heavy atom. The molecule has 1 saturated heterocycles. The summed E-state index contributed by atoms with van der Waals surface area (Å²) in [5.74, 6) is 0. The van der Waals surface area contributed by atoms with Gasteiger partial charge in [-0.1, -0.05) is 13.8 Å². The summed E-state index contributed by atoms with van der Waals surface area (Å²) in [6.07, 6.45) is 1.17. The molecule has 1 aliphatic heterocycles. The van der Waals surface area contributed by atoms with Crippen LogP contribution in [0.25, 0.3) is 0 Å². The van der Waals surface area contributed by atoms with Crippen LogP contribution in [0.1, 0.15) is 20.3 Å². The van der Waals surface area contributed by atoms with Crippen LogP contribution in [0.4, 0.5) is 0 Å². The van der Waals surface area contributed by atoms with Gasteiger partial charge < -0.3 is 23.4 Å². The first kappa shape index (κ1) is 17.1. The summed E-state index contributed by atoms with van der Waals surface area (Å²) in [5, 5.41) is 0. The molecule has 0 aromatic heterocycles. The van der Waals surface area contributed by atoms with Crippen molar-refractivity contribution in [3.63, 3.8) is 0 Å². The molecule has 114 valence electrons. The van der Waals surface area contributed by atoms with Crippen molar-refractivity contribution in [3.05, 3.63) is 0 Å². The first-order valence-electron chi connectivity index (χ1n) is 7.04. The molecule has 0 aromatic rings. The highest BCUT2D eigenvalue weighted by Gasteiger charge is 2.22. The van der Waals surface area contributed by atoms with Crippen LogP contribution in [0.5, 0.6) is 0 Å². The third kappa shape index (κ3) is 8.01. The quantitative estimate of drug-likeness (QED) is 0.236. The number of methoxy groups -OCH3 is 2. The average Bonchev–Trinajstić information content (AvgIpc) is 3.20. The summed E-state index contributed by atoms with van der Waals surface area (Å²) in [4.78, 5) is 0. The predicted molar refractivity (Wildman–Crippen MR) is 76.0 cm³/mol. The van der Waals surface area contributed by atoms with E-state index in [1.54, 1.807) is 14.2 Å². The van der Waals surface area contributed by atoms with Crippen LogP contribution in [0.2, 0.25) is 11.6 Å². The molecule has 1 aliphatic rings. The van der Waals surface area contributed by atoms with Crippen LogP contribution >= 0.6 is 0 Å². The fraction of sp³-hybridized carbons (Fsp3) is 1.00. The summed E-state index contributed by atoms with van der Waals surface area (Å²) in [5.41, 5.74) is 0.612. The largest absolute Gasteiger partial charge is 0.415 e. The zero-order valence-corrected chi connectivity index (χ0v) is 13.7. The lowest BCUT2D eigenvalue weighted by molar-refractivity contribution is -0.123. The normalized spacial score (nSPS) is 20.2. The number of epoxide rings is 1. The molecule has 2 atom stereocenters. The molecule has 5 nitrogen and oxygen atoms in total. The summed E-state index contributed by atoms with van der Waals surface area (Å²) in [6, 6.07) is 1.13. The SMILES string of the molecule is COC(CO[SiH](CCCOCC1CO1)C(C)C)OC. The Hall–Kier alpha value is 0.0169. The summed E-state index contributed by atoms with van der Waals surface area (Å²) < 4.78 is 26.9. The summed E-state index contributed by atoms with van der Waals surface area (Å²) in [6.45, 7) is 7.39. The Morgan fingerprint density at radius 3 is 2.47 bits per heavy atom. The van der Waals surface area contributed by atoms with Crippen LogP contribution in [-0.4, -0.2) is 62.1 Å². The molecule has 0 N–H and O–H groups in total. The zero-order valence-electron chi connectivity index (χ0n) is 12.6. The van der Waals surface area contributed by atoms with Gasteiger partial charge in [-0.3, -0.25) is 0 Å². The lowest BCUT2D eigenvalue weighted by Gasteiger charge is -2.22. The minimum absolute atomic E-state index is 0.253. The maximum absolute atomic E-state index is 6.00. The zero-order chi connectivity index (χ0) is 14.1. The Kier molecular flexibility index (Phi) is 8.85. The monoisotopic (exact) mass is 292 g/mol. The van der Waals surface area contributed by atoms with Gasteiger partial charge in [0.2, 0.25) is 0 Å². The highest BCUT2D eigenvalue weighted by Crippen LogP contribution is 2.16. The minimum Gasteiger partial charge on any atom is -0.415 e. The first-order chi connectivity index (χ1) is 9.17. The molecule has 6 heteroatoms. The average molecular weight is 292 g/mol. The maximum atomic E-state index is 6.00. The molecule has 0 amide bonds. The smallest absolute Gasteiger partial charge is 0.179 e. The highest BCUT2D eigenvalue weighted by molar-refractivity contribution is 6.53. The van der Waals surface area contributed by atoms with Crippen LogP contribution in [0, 0.1) is 0 Å². The van der Waals surface area contributed by atoms with Gasteiger partial charge in [-0.25, -0.2) is 0 Å². The number of hydrogen-bond donors (Lipinski definition) is 0. The van der Waals surface area contributed by atoms with Crippen molar-refractivity contribution in [2.24, 2.45) is 0 Å². The van der Waals surface area contributed by atoms with E-state index in [0.717, 1.165) is 32.3 Å². The second-order valence-electron chi connectivity index (χ2n) is 5.19. The van der Waals surface area contributed by atoms with Crippen molar-refractivity contribution in [2.75, 3.05) is 40.6 Å². The van der Waals surface area contributed by atoms with E-state index in [2.05, 4.69) is 13.8 Å². The molecule has 0 spiro atoms. The molecule has 1 rings (SSSR count). The molecule has 0 bridgehead atoms. The van der Waals surface area contributed by atoms with Crippen molar-refractivity contribution in [1.29, 1.82) is 0 Å². The van der Waals surface area contributed by atoms with E-state index in [0.29, 0.717) is 18.3 Å². The third-order valence-electron chi connectivity index (χ3n) is 3.20. The van der Waals surface area contributed by atoms with Gasteiger partial charge in [-0.15, -0.1) is 0 Å². The van der Waals surface area contributed by atoms with Gasteiger partial charge >= 0.3 is 0 Å². The van der Waals surface area contributed by atoms with Crippen molar-refractivity contribution in [1.82, 2.24) is 0 Å². The number of ether oxygens (including phenoxy) is 4. The molecular formula is C13H28O5Si. The highest BCUT2D eigenvalue weighted by atomic mass is 28.3. The standard InChI is InChI=1S/C13H28O5Si/c1-11(2)19(18-10-13(14-3)15-4)7-5-6-16-8-12-9-17-12/h11-13,19H,5-10H2,1-4H3. The molecule has 0 saturated carbocycles. The van der Waals surface area contributed by atoms with Crippen LogP contribution in [-0.2, 0) is 23.4 Å². The maximum Gasteiger partial charge on any atom is 0.179 e. The molecular weight excluding hydrogens is 264 g/mol. The molecule has 0 radical (unpaired) electrons. The number of rotatable bonds is 12. The minimum atomic E-state index is -1.21. The fourth-order valence-corrected chi connectivity index (χ4v) is 4.00. The van der Waals surface area contributed by atoms with Gasteiger partial charge in [0.25, 0.3) is 0 Å². The van der Waals surface area contributed by atoms with Crippen molar-refractivity contribution in [3.8, 4) is 0 Å². The van der Waals surface area contributed by atoms with Crippen molar-refractivity contribution < 1.29 is 23.4 Å². The van der Waals surface area contributed by atoms with Gasteiger partial charge in [0.05, 0.1) is 19.8 Å². The molecule has 19 heavy (non-hydrogen) atoms. The second-order valence-corrected chi connectivity index (χ2v) is 8.51. The lowest BCUT2D eigenvalue weighted by atomic mass is 10.5. The fourth-order valence-electron chi connectivity index (χ4n) is 1.81. The topological polar surface area (TPSA) is 49.5 Å². The Morgan fingerprint density at radius 1 is 1.26 bits per heavy atom. The van der Waals surface area contributed by atoms with Crippen molar-refractivity contribution in [2.45, 2.75) is 44.2 Å². The van der Waals surface area contributed by atoms with Crippen LogP contribution in [0.3, 0.4) is 0 Å². The van der Waals surface area contributed by atoms with E-state index in [-0.39, 0.29) is 6.29 Å². The summed E-state index contributed by atoms with van der Waals surface area (Å²) >= 11 is 0. The molecule has 0 aromatic carbocycles. The van der Waals surface area contributed by atoms with E-state index >= 15 is 0 Å². The van der Waals surface area contributed by atoms with E-state index in [4.69, 9.17) is 23.4 Å². The van der Waals surface area contributed by atoms with Gasteiger partial charge in [-0.05, 0) is 18.0 Å². The third-order valence-corrected chi connectivity index (χ3v) is 6.28. The van der Waals surface area contributed by atoms with Crippen LogP contribution in [0.15, 0.2) is 0 Å². The second kappa shape index (κ2) is 9.85. The molecule has 1 heterocycles. The molecule has 2 unspecified atom stereocenters. The Balaban J connectivity index is 2.08. The van der Waals surface area contributed by atoms with Crippen molar-refractivity contribution >= 4 is 9.04 Å². The van der Waals surface area contributed by atoms with Crippen LogP contribution < -0.4 is 0 Å². The molecule has 0 aliphatic carbocycles. The van der Waals surface area contributed by atoms with Gasteiger partial charge in [0, 0.05) is 20.8 Å². The first-order valence-corrected chi connectivity index (χ1v) is 8.99. The van der Waals surface area contributed by atoms with Gasteiger partial charge in [0.15, 0.2) is 15.3 Å². The van der Waals surface area contributed by atoms with E-state index in [1.165, 1.54) is 0 Å². The van der Waals surface area contributed by atoms with E-state index in [9.17, 15) is 0 Å². The predicted octanol–water partition coefficient (Wildman–Crippen LogP) is 1.56. The van der Waals surface area contributed by atoms with E-state index < -0.39 is 9.04 Å². The van der Waals surface area contributed by atoms with Gasteiger partial charge in [-0.2, -0.15) is 0 Å². The summed E-state index contributed by atoms with van der Waals surface area (Å²) in [7, 11) is 2.06. The Bertz CT molecular complexity index is 219. The molecule has 1 fully saturated rings. The van der Waals surface area contributed by atoms with Gasteiger partial charge in [0.1, 0.15) is 6.10 Å². The Labute approximate surface area is 118 Å².